The predicted octanol–water partition coefficient (Wildman–Crippen LogP) is 4.16. The van der Waals surface area contributed by atoms with E-state index in [-0.39, 0.29) is 0 Å². The molecule has 0 aliphatic carbocycles. The van der Waals surface area contributed by atoms with E-state index in [1.54, 1.807) is 0 Å². The van der Waals surface area contributed by atoms with E-state index in [1.807, 2.05) is 17.5 Å². The van der Waals surface area contributed by atoms with E-state index in [4.69, 9.17) is 44.5 Å². The average molecular weight is 721 g/mol. The predicted molar refractivity (Wildman–Crippen MR) is 149 cm³/mol. The smallest absolute Gasteiger partial charge is 0.475 e. The summed E-state index contributed by atoms with van der Waals surface area (Å²) < 4.78 is 103. The maximum atomic E-state index is 10.6. The molecule has 1 unspecified atom stereocenters. The Hall–Kier alpha value is -4.73. The van der Waals surface area contributed by atoms with Gasteiger partial charge in [-0.2, -0.15) is 44.6 Å². The number of morpholine rings is 1. The lowest BCUT2D eigenvalue weighted by atomic mass is 10.1. The number of hydrogen-bond donors (Lipinski definition) is 3. The molecule has 3 aromatic heterocycles. The van der Waals surface area contributed by atoms with Crippen LogP contribution in [0.2, 0.25) is 0 Å². The van der Waals surface area contributed by atoms with E-state index in [9.17, 15) is 39.5 Å². The first-order chi connectivity index (χ1) is 22.6. The van der Waals surface area contributed by atoms with Gasteiger partial charge in [0.25, 0.3) is 0 Å². The molecule has 5 rings (SSSR count). The van der Waals surface area contributed by atoms with Gasteiger partial charge < -0.3 is 25.0 Å². The minimum Gasteiger partial charge on any atom is -0.475 e. The molecular formula is C27H29F9N6O7. The van der Waals surface area contributed by atoms with Crippen LogP contribution in [0, 0.1) is 6.92 Å². The monoisotopic (exact) mass is 720 g/mol. The SMILES string of the molecule is Cc1cccc(CN2CCC(c3nc4ccc(N5CCOCC5)cn4n3)C2)n1.O=C(O)C(F)(F)F.O=C(O)C(F)(F)F.O=C(O)C(F)(F)F. The van der Waals surface area contributed by atoms with Gasteiger partial charge in [-0.15, -0.1) is 0 Å². The zero-order valence-corrected chi connectivity index (χ0v) is 25.3. The largest absolute Gasteiger partial charge is 0.490 e. The molecule has 272 valence electrons. The fourth-order valence-corrected chi connectivity index (χ4v) is 4.17. The number of ether oxygens (including phenoxy) is 1. The first kappa shape index (κ1) is 40.4. The third kappa shape index (κ3) is 13.7. The number of aromatic nitrogens is 4. The number of carbonyl (C=O) groups is 3. The Labute approximate surface area is 270 Å². The molecule has 2 aliphatic heterocycles. The second-order valence-electron chi connectivity index (χ2n) is 10.2. The highest BCUT2D eigenvalue weighted by Gasteiger charge is 2.39. The second-order valence-corrected chi connectivity index (χ2v) is 10.2. The Morgan fingerprint density at radius 3 is 1.84 bits per heavy atom. The van der Waals surface area contributed by atoms with Gasteiger partial charge in [0.2, 0.25) is 0 Å². The van der Waals surface area contributed by atoms with Crippen LogP contribution < -0.4 is 4.90 Å². The van der Waals surface area contributed by atoms with Crippen LogP contribution in [0.5, 0.6) is 0 Å². The topological polar surface area (TPSA) is 171 Å². The van der Waals surface area contributed by atoms with Crippen molar-refractivity contribution < 1.29 is 74.0 Å². The Bertz CT molecular complexity index is 1500. The van der Waals surface area contributed by atoms with Crippen molar-refractivity contribution in [1.82, 2.24) is 24.5 Å². The number of rotatable bonds is 4. The molecule has 3 N–H and O–H groups in total. The summed E-state index contributed by atoms with van der Waals surface area (Å²) in [4.78, 5) is 40.9. The number of pyridine rings is 2. The van der Waals surface area contributed by atoms with Crippen molar-refractivity contribution in [2.75, 3.05) is 44.3 Å². The number of alkyl halides is 9. The number of fused-ring (bicyclic) bond motifs is 1. The van der Waals surface area contributed by atoms with Crippen molar-refractivity contribution in [3.05, 3.63) is 53.7 Å². The minimum atomic E-state index is -5.08. The molecule has 2 fully saturated rings. The molecular weight excluding hydrogens is 691 g/mol. The van der Waals surface area contributed by atoms with Crippen molar-refractivity contribution >= 4 is 29.2 Å². The van der Waals surface area contributed by atoms with E-state index in [2.05, 4.69) is 45.2 Å². The summed E-state index contributed by atoms with van der Waals surface area (Å²) in [5, 5.41) is 26.2. The van der Waals surface area contributed by atoms with Gasteiger partial charge in [-0.3, -0.25) is 9.88 Å². The van der Waals surface area contributed by atoms with Crippen molar-refractivity contribution in [2.45, 2.75) is 44.3 Å². The normalized spacial score (nSPS) is 16.8. The van der Waals surface area contributed by atoms with Gasteiger partial charge in [0.15, 0.2) is 11.5 Å². The Morgan fingerprint density at radius 2 is 1.35 bits per heavy atom. The molecule has 0 spiro atoms. The van der Waals surface area contributed by atoms with E-state index in [0.29, 0.717) is 5.92 Å². The number of nitrogens with zero attached hydrogens (tertiary/aromatic N) is 6. The first-order valence-corrected chi connectivity index (χ1v) is 13.8. The van der Waals surface area contributed by atoms with Crippen molar-refractivity contribution in [2.24, 2.45) is 0 Å². The highest BCUT2D eigenvalue weighted by atomic mass is 19.4. The quantitative estimate of drug-likeness (QED) is 0.330. The van der Waals surface area contributed by atoms with E-state index in [0.717, 1.165) is 75.2 Å². The van der Waals surface area contributed by atoms with Gasteiger partial charge in [-0.1, -0.05) is 6.07 Å². The summed E-state index contributed by atoms with van der Waals surface area (Å²) in [6.07, 6.45) is -12.1. The average Bonchev–Trinajstić information content (AvgIpc) is 3.64. The van der Waals surface area contributed by atoms with Crippen LogP contribution in [-0.2, 0) is 25.7 Å². The number of likely N-dealkylation sites (tertiary alicyclic amines) is 1. The van der Waals surface area contributed by atoms with E-state index >= 15 is 0 Å². The van der Waals surface area contributed by atoms with Crippen LogP contribution >= 0.6 is 0 Å². The number of carboxylic acids is 3. The van der Waals surface area contributed by atoms with Gasteiger partial charge in [0.05, 0.1) is 30.8 Å². The van der Waals surface area contributed by atoms with Crippen LogP contribution in [0.3, 0.4) is 0 Å². The molecule has 0 aromatic carbocycles. The van der Waals surface area contributed by atoms with Crippen LogP contribution in [0.1, 0.15) is 29.6 Å². The lowest BCUT2D eigenvalue weighted by molar-refractivity contribution is -0.193. The third-order valence-electron chi connectivity index (χ3n) is 6.40. The van der Waals surface area contributed by atoms with Crippen molar-refractivity contribution in [1.29, 1.82) is 0 Å². The van der Waals surface area contributed by atoms with E-state index < -0.39 is 36.4 Å². The van der Waals surface area contributed by atoms with E-state index in [1.165, 1.54) is 5.69 Å². The number of aliphatic carboxylic acids is 3. The van der Waals surface area contributed by atoms with Crippen LogP contribution in [0.15, 0.2) is 36.5 Å². The Kier molecular flexibility index (Phi) is 14.1. The maximum absolute atomic E-state index is 10.6. The van der Waals surface area contributed by atoms with Crippen LogP contribution in [-0.4, -0.2) is 116 Å². The van der Waals surface area contributed by atoms with Gasteiger partial charge >= 0.3 is 36.4 Å². The number of anilines is 1. The zero-order chi connectivity index (χ0) is 37.2. The first-order valence-electron chi connectivity index (χ1n) is 13.8. The Morgan fingerprint density at radius 1 is 0.816 bits per heavy atom. The Balaban J connectivity index is 0.000000325. The zero-order valence-electron chi connectivity index (χ0n) is 25.3. The molecule has 0 amide bonds. The van der Waals surface area contributed by atoms with Crippen molar-refractivity contribution in [3.63, 3.8) is 0 Å². The summed E-state index contributed by atoms with van der Waals surface area (Å²) in [5.41, 5.74) is 4.32. The lowest BCUT2D eigenvalue weighted by Gasteiger charge is -2.28. The fourth-order valence-electron chi connectivity index (χ4n) is 4.17. The molecule has 13 nitrogen and oxygen atoms in total. The highest BCUT2D eigenvalue weighted by molar-refractivity contribution is 5.73. The summed E-state index contributed by atoms with van der Waals surface area (Å²) in [6, 6.07) is 10.5. The standard InChI is InChI=1S/C21H26N6O.3C2HF3O2/c1-16-3-2-4-18(22-16)14-25-8-7-17(13-25)21-23-20-6-5-19(15-27(20)24-21)26-9-11-28-12-10-26;3*3-2(4,5)1(6)7/h2-6,15,17H,7-14H2,1H3;3*(H,6,7). The second kappa shape index (κ2) is 17.1. The molecule has 5 heterocycles. The molecule has 0 saturated carbocycles. The number of hydrogen-bond acceptors (Lipinski definition) is 9. The fraction of sp³-hybridized carbons (Fsp3) is 0.481. The molecule has 22 heteroatoms. The van der Waals surface area contributed by atoms with Gasteiger partial charge in [0.1, 0.15) is 0 Å². The van der Waals surface area contributed by atoms with Crippen LogP contribution in [0.25, 0.3) is 5.65 Å². The van der Waals surface area contributed by atoms with Gasteiger partial charge in [-0.05, 0) is 44.2 Å². The lowest BCUT2D eigenvalue weighted by Crippen LogP contribution is -2.36. The molecule has 2 aliphatic rings. The number of aryl methyl sites for hydroxylation is 1. The van der Waals surface area contributed by atoms with Crippen molar-refractivity contribution in [3.8, 4) is 0 Å². The molecule has 2 saturated heterocycles. The summed E-state index contributed by atoms with van der Waals surface area (Å²) in [5.74, 6) is -6.93. The number of halogens is 9. The highest BCUT2D eigenvalue weighted by Crippen LogP contribution is 2.27. The van der Waals surface area contributed by atoms with Gasteiger partial charge in [-0.25, -0.2) is 23.9 Å². The molecule has 49 heavy (non-hydrogen) atoms. The molecule has 3 aromatic rings. The molecule has 0 radical (unpaired) electrons. The molecule has 0 bridgehead atoms. The van der Waals surface area contributed by atoms with Gasteiger partial charge in [0, 0.05) is 37.8 Å². The number of carboxylic acid groups (broad SMARTS) is 3. The summed E-state index contributed by atoms with van der Waals surface area (Å²) in [6.45, 7) is 8.42. The summed E-state index contributed by atoms with van der Waals surface area (Å²) in [7, 11) is 0. The molecule has 1 atom stereocenters. The van der Waals surface area contributed by atoms with Crippen LogP contribution in [0.4, 0.5) is 45.2 Å². The summed E-state index contributed by atoms with van der Waals surface area (Å²) >= 11 is 0. The minimum absolute atomic E-state index is 0.386. The maximum Gasteiger partial charge on any atom is 0.490 e. The third-order valence-corrected chi connectivity index (χ3v) is 6.40.